The Kier molecular flexibility index (Phi) is 3.15. The van der Waals surface area contributed by atoms with E-state index in [0.717, 1.165) is 0 Å². The fraction of sp³-hybridized carbons (Fsp3) is 0.364. The second kappa shape index (κ2) is 4.45. The maximum absolute atomic E-state index is 12.2. The molecule has 2 rings (SSSR count). The van der Waals surface area contributed by atoms with E-state index in [1.165, 1.54) is 22.5 Å². The van der Waals surface area contributed by atoms with Gasteiger partial charge in [-0.15, -0.1) is 0 Å². The Balaban J connectivity index is 2.35. The van der Waals surface area contributed by atoms with Crippen LogP contribution in [0, 0.1) is 11.3 Å². The monoisotopic (exact) mass is 252 g/mol. The maximum atomic E-state index is 12.2. The molecule has 0 unspecified atom stereocenters. The lowest BCUT2D eigenvalue weighted by atomic mass is 10.2. The SMILES string of the molecule is N#Cc1cccc(S(=O)(=O)N2CC[C@H](O)C2)c1. The number of hydrogen-bond acceptors (Lipinski definition) is 4. The van der Waals surface area contributed by atoms with Gasteiger partial charge in [0.1, 0.15) is 0 Å². The van der Waals surface area contributed by atoms with Crippen molar-refractivity contribution in [2.75, 3.05) is 13.1 Å². The van der Waals surface area contributed by atoms with E-state index in [1.54, 1.807) is 6.07 Å². The van der Waals surface area contributed by atoms with Gasteiger partial charge >= 0.3 is 0 Å². The number of aliphatic hydroxyl groups excluding tert-OH is 1. The van der Waals surface area contributed by atoms with Gasteiger partial charge in [0, 0.05) is 13.1 Å². The Hall–Kier alpha value is -1.42. The van der Waals surface area contributed by atoms with Crippen LogP contribution in [0.4, 0.5) is 0 Å². The first-order valence-corrected chi connectivity index (χ1v) is 6.66. The van der Waals surface area contributed by atoms with Crippen LogP contribution in [0.5, 0.6) is 0 Å². The van der Waals surface area contributed by atoms with Crippen LogP contribution in [0.1, 0.15) is 12.0 Å². The van der Waals surface area contributed by atoms with E-state index >= 15 is 0 Å². The zero-order valence-electron chi connectivity index (χ0n) is 9.07. The van der Waals surface area contributed by atoms with Crippen LogP contribution in [-0.4, -0.2) is 37.0 Å². The highest BCUT2D eigenvalue weighted by molar-refractivity contribution is 7.89. The molecule has 1 aliphatic rings. The summed E-state index contributed by atoms with van der Waals surface area (Å²) >= 11 is 0. The Morgan fingerprint density at radius 1 is 1.47 bits per heavy atom. The Bertz CT molecular complexity index is 562. The minimum absolute atomic E-state index is 0.102. The number of hydrogen-bond donors (Lipinski definition) is 1. The van der Waals surface area contributed by atoms with Crippen molar-refractivity contribution in [3.63, 3.8) is 0 Å². The van der Waals surface area contributed by atoms with Gasteiger partial charge in [-0.05, 0) is 24.6 Å². The lowest BCUT2D eigenvalue weighted by molar-refractivity contribution is 0.189. The number of rotatable bonds is 2. The molecule has 6 heteroatoms. The summed E-state index contributed by atoms with van der Waals surface area (Å²) in [6.07, 6.45) is -0.138. The highest BCUT2D eigenvalue weighted by Gasteiger charge is 2.31. The van der Waals surface area contributed by atoms with Crippen molar-refractivity contribution in [3.8, 4) is 6.07 Å². The fourth-order valence-corrected chi connectivity index (χ4v) is 3.34. The van der Waals surface area contributed by atoms with E-state index in [0.29, 0.717) is 18.5 Å². The smallest absolute Gasteiger partial charge is 0.243 e. The van der Waals surface area contributed by atoms with Gasteiger partial charge in [-0.3, -0.25) is 0 Å². The average Bonchev–Trinajstić information content (AvgIpc) is 2.76. The zero-order chi connectivity index (χ0) is 12.5. The Morgan fingerprint density at radius 2 is 2.24 bits per heavy atom. The first-order valence-electron chi connectivity index (χ1n) is 5.22. The van der Waals surface area contributed by atoms with Gasteiger partial charge in [0.15, 0.2) is 0 Å². The third kappa shape index (κ3) is 2.31. The van der Waals surface area contributed by atoms with Crippen LogP contribution >= 0.6 is 0 Å². The molecule has 5 nitrogen and oxygen atoms in total. The Labute approximate surface area is 100.0 Å². The number of nitriles is 1. The maximum Gasteiger partial charge on any atom is 0.243 e. The zero-order valence-corrected chi connectivity index (χ0v) is 9.89. The second-order valence-electron chi connectivity index (χ2n) is 3.95. The molecule has 1 N–H and O–H groups in total. The lowest BCUT2D eigenvalue weighted by Crippen LogP contribution is -2.29. The van der Waals surface area contributed by atoms with Crippen LogP contribution in [0.25, 0.3) is 0 Å². The molecule has 1 aliphatic heterocycles. The first-order chi connectivity index (χ1) is 8.04. The molecule has 1 atom stereocenters. The first kappa shape index (κ1) is 12.0. The van der Waals surface area contributed by atoms with E-state index in [2.05, 4.69) is 0 Å². The minimum Gasteiger partial charge on any atom is -0.392 e. The number of β-amino-alcohol motifs (C(OH)–C–C–N with tert-alkyl or cyclic N) is 1. The molecule has 1 aromatic carbocycles. The molecule has 1 saturated heterocycles. The van der Waals surface area contributed by atoms with Crippen LogP contribution in [0.15, 0.2) is 29.2 Å². The van der Waals surface area contributed by atoms with Crippen LogP contribution in [0.2, 0.25) is 0 Å². The molecule has 17 heavy (non-hydrogen) atoms. The molecule has 0 saturated carbocycles. The normalized spacial score (nSPS) is 21.3. The molecule has 0 amide bonds. The van der Waals surface area contributed by atoms with Crippen molar-refractivity contribution in [2.24, 2.45) is 0 Å². The van der Waals surface area contributed by atoms with Gasteiger partial charge in [0.2, 0.25) is 10.0 Å². The van der Waals surface area contributed by atoms with E-state index in [1.807, 2.05) is 6.07 Å². The van der Waals surface area contributed by atoms with Gasteiger partial charge in [0.05, 0.1) is 22.6 Å². The summed E-state index contributed by atoms with van der Waals surface area (Å²) in [5.74, 6) is 0. The van der Waals surface area contributed by atoms with Gasteiger partial charge in [-0.2, -0.15) is 9.57 Å². The van der Waals surface area contributed by atoms with E-state index in [-0.39, 0.29) is 11.4 Å². The molecular weight excluding hydrogens is 240 g/mol. The number of sulfonamides is 1. The van der Waals surface area contributed by atoms with Crippen LogP contribution in [0.3, 0.4) is 0 Å². The summed E-state index contributed by atoms with van der Waals surface area (Å²) in [5.41, 5.74) is 0.311. The highest BCUT2D eigenvalue weighted by Crippen LogP contribution is 2.21. The largest absolute Gasteiger partial charge is 0.392 e. The molecule has 0 radical (unpaired) electrons. The molecule has 1 fully saturated rings. The Morgan fingerprint density at radius 3 is 2.82 bits per heavy atom. The summed E-state index contributed by atoms with van der Waals surface area (Å²) in [7, 11) is -3.58. The highest BCUT2D eigenvalue weighted by atomic mass is 32.2. The predicted octanol–water partition coefficient (Wildman–Crippen LogP) is 0.314. The van der Waals surface area contributed by atoms with E-state index in [4.69, 9.17) is 5.26 Å². The molecule has 90 valence electrons. The quantitative estimate of drug-likeness (QED) is 0.821. The minimum atomic E-state index is -3.58. The molecule has 0 spiro atoms. The third-order valence-electron chi connectivity index (χ3n) is 2.73. The number of benzene rings is 1. The number of nitrogens with zero attached hydrogens (tertiary/aromatic N) is 2. The third-order valence-corrected chi connectivity index (χ3v) is 4.59. The summed E-state index contributed by atoms with van der Waals surface area (Å²) in [6, 6.07) is 7.81. The summed E-state index contributed by atoms with van der Waals surface area (Å²) in [6.45, 7) is 0.444. The summed E-state index contributed by atoms with van der Waals surface area (Å²) in [5, 5.41) is 18.1. The van der Waals surface area contributed by atoms with Crippen molar-refractivity contribution in [2.45, 2.75) is 17.4 Å². The molecule has 1 aromatic rings. The molecular formula is C11H12N2O3S. The van der Waals surface area contributed by atoms with Crippen molar-refractivity contribution in [3.05, 3.63) is 29.8 Å². The van der Waals surface area contributed by atoms with Gasteiger partial charge in [-0.1, -0.05) is 6.07 Å². The molecule has 0 bridgehead atoms. The molecule has 0 aromatic heterocycles. The second-order valence-corrected chi connectivity index (χ2v) is 5.88. The predicted molar refractivity (Wildman–Crippen MR) is 60.5 cm³/mol. The molecule has 0 aliphatic carbocycles. The summed E-state index contributed by atoms with van der Waals surface area (Å²) < 4.78 is 25.6. The topological polar surface area (TPSA) is 81.4 Å². The van der Waals surface area contributed by atoms with Crippen molar-refractivity contribution >= 4 is 10.0 Å². The fourth-order valence-electron chi connectivity index (χ4n) is 1.80. The summed E-state index contributed by atoms with van der Waals surface area (Å²) in [4.78, 5) is 0.102. The van der Waals surface area contributed by atoms with E-state index in [9.17, 15) is 13.5 Å². The standard InChI is InChI=1S/C11H12N2O3S/c12-7-9-2-1-3-11(6-9)17(15,16)13-5-4-10(14)8-13/h1-3,6,10,14H,4-5,8H2/t10-/m0/s1. The van der Waals surface area contributed by atoms with E-state index < -0.39 is 16.1 Å². The van der Waals surface area contributed by atoms with Crippen molar-refractivity contribution in [1.29, 1.82) is 5.26 Å². The van der Waals surface area contributed by atoms with Crippen molar-refractivity contribution < 1.29 is 13.5 Å². The average molecular weight is 252 g/mol. The number of aliphatic hydroxyl groups is 1. The van der Waals surface area contributed by atoms with Crippen molar-refractivity contribution in [1.82, 2.24) is 4.31 Å². The van der Waals surface area contributed by atoms with Gasteiger partial charge in [-0.25, -0.2) is 8.42 Å². The van der Waals surface area contributed by atoms with Gasteiger partial charge < -0.3 is 5.11 Å². The van der Waals surface area contributed by atoms with Gasteiger partial charge in [0.25, 0.3) is 0 Å². The molecule has 1 heterocycles. The van der Waals surface area contributed by atoms with Crippen LogP contribution < -0.4 is 0 Å². The van der Waals surface area contributed by atoms with Crippen LogP contribution in [-0.2, 0) is 10.0 Å². The lowest BCUT2D eigenvalue weighted by Gasteiger charge is -2.15.